The van der Waals surface area contributed by atoms with E-state index in [0.717, 1.165) is 11.5 Å². The van der Waals surface area contributed by atoms with E-state index >= 15 is 0 Å². The second kappa shape index (κ2) is 9.26. The number of sulfonamides is 1. The molecule has 1 aliphatic heterocycles. The molecule has 0 saturated carbocycles. The van der Waals surface area contributed by atoms with Crippen molar-refractivity contribution in [2.45, 2.75) is 18.1 Å². The quantitative estimate of drug-likeness (QED) is 0.657. The summed E-state index contributed by atoms with van der Waals surface area (Å²) in [6.45, 7) is 1.87. The Morgan fingerprint density at radius 2 is 2.00 bits per heavy atom. The predicted octanol–water partition coefficient (Wildman–Crippen LogP) is 2.20. The molecule has 2 heterocycles. The monoisotopic (exact) mass is 386 g/mol. The molecule has 0 aliphatic carbocycles. The number of alkyl halides is 2. The molecule has 2 rings (SSSR count). The summed E-state index contributed by atoms with van der Waals surface area (Å²) in [5, 5.41) is 3.02. The lowest BCUT2D eigenvalue weighted by Crippen LogP contribution is -2.41. The third kappa shape index (κ3) is 6.61. The van der Waals surface area contributed by atoms with Crippen molar-refractivity contribution in [3.8, 4) is 0 Å². The van der Waals surface area contributed by atoms with E-state index in [4.69, 9.17) is 4.42 Å². The van der Waals surface area contributed by atoms with Gasteiger partial charge in [-0.3, -0.25) is 0 Å². The number of halogens is 2. The highest BCUT2D eigenvalue weighted by Crippen LogP contribution is 2.21. The molecule has 0 radical (unpaired) electrons. The smallest absolute Gasteiger partial charge is 0.284 e. The lowest BCUT2D eigenvalue weighted by Gasteiger charge is -2.25. The van der Waals surface area contributed by atoms with Gasteiger partial charge in [-0.1, -0.05) is 11.8 Å². The molecular weight excluding hydrogens is 366 g/mol. The second-order valence-corrected chi connectivity index (χ2v) is 9.24. The van der Waals surface area contributed by atoms with Crippen molar-refractivity contribution in [1.82, 2.24) is 9.62 Å². The third-order valence-corrected chi connectivity index (χ3v) is 6.79. The van der Waals surface area contributed by atoms with Crippen molar-refractivity contribution in [2.24, 2.45) is 0 Å². The van der Waals surface area contributed by atoms with Gasteiger partial charge in [-0.2, -0.15) is 20.5 Å². The van der Waals surface area contributed by atoms with Crippen LogP contribution in [0.2, 0.25) is 0 Å². The van der Waals surface area contributed by atoms with Crippen LogP contribution in [-0.4, -0.2) is 55.4 Å². The lowest BCUT2D eigenvalue weighted by atomic mass is 10.4. The molecule has 0 amide bonds. The summed E-state index contributed by atoms with van der Waals surface area (Å²) in [5.41, 5.74) is 0. The Morgan fingerprint density at radius 3 is 2.70 bits per heavy atom. The Bertz CT molecular complexity index is 575. The first-order valence-electron chi connectivity index (χ1n) is 7.21. The van der Waals surface area contributed by atoms with Crippen molar-refractivity contribution < 1.29 is 21.6 Å². The molecule has 0 aromatic carbocycles. The van der Waals surface area contributed by atoms with Gasteiger partial charge in [0.2, 0.25) is 10.0 Å². The predicted molar refractivity (Wildman–Crippen MR) is 90.4 cm³/mol. The van der Waals surface area contributed by atoms with Gasteiger partial charge in [0.1, 0.15) is 11.5 Å². The number of hydrogen-bond donors (Lipinski definition) is 1. The topological polar surface area (TPSA) is 62.6 Å². The highest BCUT2D eigenvalue weighted by atomic mass is 32.2. The van der Waals surface area contributed by atoms with Crippen LogP contribution >= 0.6 is 23.5 Å². The van der Waals surface area contributed by atoms with Gasteiger partial charge in [-0.05, 0) is 12.1 Å². The third-order valence-electron chi connectivity index (χ3n) is 3.27. The molecule has 10 heteroatoms. The molecule has 23 heavy (non-hydrogen) atoms. The van der Waals surface area contributed by atoms with Crippen molar-refractivity contribution >= 4 is 33.5 Å². The van der Waals surface area contributed by atoms with Crippen LogP contribution in [0.5, 0.6) is 0 Å². The molecular formula is C13H20F2N2O3S3. The van der Waals surface area contributed by atoms with Gasteiger partial charge in [0.05, 0.1) is 18.1 Å². The van der Waals surface area contributed by atoms with E-state index in [9.17, 15) is 17.2 Å². The average Bonchev–Trinajstić information content (AvgIpc) is 2.98. The van der Waals surface area contributed by atoms with E-state index in [1.165, 1.54) is 4.31 Å². The molecule has 0 atom stereocenters. The van der Waals surface area contributed by atoms with E-state index in [1.807, 2.05) is 0 Å². The normalized spacial score (nSPS) is 17.0. The SMILES string of the molecule is O=S(=O)(CCNCc1ccc(CSC(F)F)o1)N1CCSCC1. The van der Waals surface area contributed by atoms with Crippen LogP contribution in [-0.2, 0) is 22.3 Å². The molecule has 0 bridgehead atoms. The van der Waals surface area contributed by atoms with Gasteiger partial charge in [0.25, 0.3) is 5.76 Å². The number of hydrogen-bond acceptors (Lipinski definition) is 6. The molecule has 1 saturated heterocycles. The fourth-order valence-corrected chi connectivity index (χ4v) is 5.09. The van der Waals surface area contributed by atoms with E-state index in [0.29, 0.717) is 49.5 Å². The number of nitrogens with one attached hydrogen (secondary N) is 1. The van der Waals surface area contributed by atoms with Gasteiger partial charge in [-0.25, -0.2) is 12.7 Å². The minimum Gasteiger partial charge on any atom is -0.464 e. The fraction of sp³-hybridized carbons (Fsp3) is 0.692. The largest absolute Gasteiger partial charge is 0.464 e. The summed E-state index contributed by atoms with van der Waals surface area (Å²) in [4.78, 5) is 0. The van der Waals surface area contributed by atoms with E-state index < -0.39 is 15.8 Å². The Balaban J connectivity index is 1.68. The number of thioether (sulfide) groups is 2. The molecule has 1 aromatic heterocycles. The number of rotatable bonds is 9. The molecule has 0 unspecified atom stereocenters. The van der Waals surface area contributed by atoms with Crippen molar-refractivity contribution in [3.63, 3.8) is 0 Å². The van der Waals surface area contributed by atoms with Crippen molar-refractivity contribution in [3.05, 3.63) is 23.7 Å². The molecule has 1 fully saturated rings. The zero-order valence-corrected chi connectivity index (χ0v) is 15.0. The van der Waals surface area contributed by atoms with Crippen molar-refractivity contribution in [2.75, 3.05) is 36.9 Å². The Kier molecular flexibility index (Phi) is 7.67. The summed E-state index contributed by atoms with van der Waals surface area (Å²) in [5.74, 6) is 0.551. The summed E-state index contributed by atoms with van der Waals surface area (Å²) in [6.07, 6.45) is 0. The standard InChI is InChI=1S/C13H20F2N2O3S3/c14-13(15)22-10-12-2-1-11(20-12)9-16-3-8-23(18,19)17-4-6-21-7-5-17/h1-2,13,16H,3-10H2. The number of furan rings is 1. The van der Waals surface area contributed by atoms with E-state index in [1.54, 1.807) is 23.9 Å². The first-order chi connectivity index (χ1) is 11.0. The van der Waals surface area contributed by atoms with Crippen LogP contribution in [0, 0.1) is 0 Å². The zero-order chi connectivity index (χ0) is 16.7. The lowest BCUT2D eigenvalue weighted by molar-refractivity contribution is 0.251. The highest BCUT2D eigenvalue weighted by molar-refractivity contribution is 7.99. The fourth-order valence-electron chi connectivity index (χ4n) is 2.11. The Morgan fingerprint density at radius 1 is 1.30 bits per heavy atom. The van der Waals surface area contributed by atoms with Crippen LogP contribution in [0.4, 0.5) is 8.78 Å². The summed E-state index contributed by atoms with van der Waals surface area (Å²) in [6, 6.07) is 3.37. The van der Waals surface area contributed by atoms with E-state index in [-0.39, 0.29) is 11.5 Å². The zero-order valence-electron chi connectivity index (χ0n) is 12.5. The van der Waals surface area contributed by atoms with Crippen molar-refractivity contribution in [1.29, 1.82) is 0 Å². The molecule has 0 spiro atoms. The minimum absolute atomic E-state index is 0.0481. The summed E-state index contributed by atoms with van der Waals surface area (Å²) >= 11 is 2.28. The molecule has 5 nitrogen and oxygen atoms in total. The summed E-state index contributed by atoms with van der Waals surface area (Å²) < 4.78 is 55.4. The maximum atomic E-state index is 12.1. The number of nitrogens with zero attached hydrogens (tertiary/aromatic N) is 1. The Labute approximate surface area is 143 Å². The summed E-state index contributed by atoms with van der Waals surface area (Å²) in [7, 11) is -3.21. The van der Waals surface area contributed by atoms with E-state index in [2.05, 4.69) is 5.32 Å². The molecule has 132 valence electrons. The maximum Gasteiger partial charge on any atom is 0.284 e. The van der Waals surface area contributed by atoms with Gasteiger partial charge < -0.3 is 9.73 Å². The van der Waals surface area contributed by atoms with Gasteiger partial charge in [-0.15, -0.1) is 0 Å². The molecule has 1 aromatic rings. The van der Waals surface area contributed by atoms with Crippen LogP contribution in [0.3, 0.4) is 0 Å². The second-order valence-electron chi connectivity index (χ2n) is 4.94. The van der Waals surface area contributed by atoms with Gasteiger partial charge in [0.15, 0.2) is 0 Å². The minimum atomic E-state index is -3.21. The first-order valence-corrected chi connectivity index (χ1v) is 11.0. The maximum absolute atomic E-state index is 12.1. The van der Waals surface area contributed by atoms with Gasteiger partial charge in [0, 0.05) is 31.1 Å². The van der Waals surface area contributed by atoms with Crippen LogP contribution < -0.4 is 5.32 Å². The first kappa shape index (κ1) is 19.0. The van der Waals surface area contributed by atoms with Gasteiger partial charge >= 0.3 is 0 Å². The van der Waals surface area contributed by atoms with Crippen LogP contribution in [0.15, 0.2) is 16.5 Å². The highest BCUT2D eigenvalue weighted by Gasteiger charge is 2.23. The Hall–Kier alpha value is -0.290. The molecule has 1 N–H and O–H groups in total. The molecule has 1 aliphatic rings. The van der Waals surface area contributed by atoms with Crippen LogP contribution in [0.1, 0.15) is 11.5 Å². The average molecular weight is 387 g/mol. The van der Waals surface area contributed by atoms with Crippen LogP contribution in [0.25, 0.3) is 0 Å².